The van der Waals surface area contributed by atoms with Gasteiger partial charge in [-0.15, -0.1) is 10.2 Å². The number of aromatic hydroxyl groups is 1. The Labute approximate surface area is 109 Å². The molecule has 8 heteroatoms. The second-order valence-electron chi connectivity index (χ2n) is 3.22. The van der Waals surface area contributed by atoms with Crippen molar-refractivity contribution >= 4 is 17.8 Å². The molecule has 0 unspecified atom stereocenters. The van der Waals surface area contributed by atoms with Gasteiger partial charge in [0.15, 0.2) is 0 Å². The molecule has 0 bridgehead atoms. The Hall–Kier alpha value is -2.90. The molecular weight excluding hydrogens is 248 g/mol. The van der Waals surface area contributed by atoms with Crippen molar-refractivity contribution in [1.82, 2.24) is 0 Å². The first-order valence-corrected chi connectivity index (χ1v) is 5.23. The zero-order chi connectivity index (χ0) is 13.9. The second-order valence-corrected chi connectivity index (χ2v) is 3.22. The van der Waals surface area contributed by atoms with E-state index in [0.29, 0.717) is 5.69 Å². The van der Waals surface area contributed by atoms with Crippen LogP contribution in [0, 0.1) is 0 Å². The van der Waals surface area contributed by atoms with Gasteiger partial charge in [0.05, 0.1) is 12.4 Å². The lowest BCUT2D eigenvalue weighted by Gasteiger charge is -1.99. The molecule has 0 saturated carbocycles. The molecule has 1 amide bonds. The predicted octanol–water partition coefficient (Wildman–Crippen LogP) is 2.67. The predicted molar refractivity (Wildman–Crippen MR) is 69.8 cm³/mol. The van der Waals surface area contributed by atoms with Crippen molar-refractivity contribution in [1.29, 1.82) is 0 Å². The van der Waals surface area contributed by atoms with E-state index in [2.05, 4.69) is 31.2 Å². The molecule has 1 aromatic rings. The van der Waals surface area contributed by atoms with E-state index >= 15 is 0 Å². The fourth-order valence-electron chi connectivity index (χ4n) is 0.987. The van der Waals surface area contributed by atoms with Gasteiger partial charge in [0.1, 0.15) is 5.75 Å². The quantitative estimate of drug-likeness (QED) is 0.756. The number of phenolic OH excluding ortho intramolecular Hbond substituents is 1. The zero-order valence-electron chi connectivity index (χ0n) is 10.1. The minimum Gasteiger partial charge on any atom is -0.508 e. The van der Waals surface area contributed by atoms with E-state index in [9.17, 15) is 4.79 Å². The van der Waals surface area contributed by atoms with Gasteiger partial charge in [0.2, 0.25) is 5.91 Å². The fourth-order valence-corrected chi connectivity index (χ4v) is 0.987. The molecule has 0 fully saturated rings. The van der Waals surface area contributed by atoms with Gasteiger partial charge < -0.3 is 10.4 Å². The van der Waals surface area contributed by atoms with Gasteiger partial charge in [-0.05, 0) is 46.0 Å². The average Bonchev–Trinajstić information content (AvgIpc) is 2.31. The largest absolute Gasteiger partial charge is 0.508 e. The summed E-state index contributed by atoms with van der Waals surface area (Å²) in [5.74, 6) is 0.0785. The summed E-state index contributed by atoms with van der Waals surface area (Å²) in [4.78, 5) is 10.5. The van der Waals surface area contributed by atoms with Crippen LogP contribution < -0.4 is 5.32 Å². The Morgan fingerprint density at radius 1 is 1.16 bits per heavy atom. The van der Waals surface area contributed by atoms with Crippen molar-refractivity contribution in [3.63, 3.8) is 0 Å². The van der Waals surface area contributed by atoms with E-state index in [1.807, 2.05) is 0 Å². The molecule has 1 aromatic carbocycles. The third-order valence-electron chi connectivity index (χ3n) is 1.68. The molecule has 0 aliphatic carbocycles. The van der Waals surface area contributed by atoms with Crippen LogP contribution in [0.15, 0.2) is 62.4 Å². The molecule has 0 radical (unpaired) electrons. The van der Waals surface area contributed by atoms with Crippen LogP contribution in [0.25, 0.3) is 0 Å². The van der Waals surface area contributed by atoms with E-state index in [1.165, 1.54) is 31.5 Å². The number of benzene rings is 1. The van der Waals surface area contributed by atoms with Crippen LogP contribution in [0.3, 0.4) is 0 Å². The number of nitrogens with one attached hydrogen (secondary N) is 1. The average molecular weight is 260 g/mol. The van der Waals surface area contributed by atoms with Crippen molar-refractivity contribution in [2.75, 3.05) is 5.32 Å². The zero-order valence-corrected chi connectivity index (χ0v) is 10.1. The smallest absolute Gasteiger partial charge is 0.221 e. The molecule has 2 rings (SSSR count). The number of carbonyl (C=O) groups is 1. The van der Waals surface area contributed by atoms with Crippen molar-refractivity contribution in [3.05, 3.63) is 36.5 Å². The molecule has 1 aliphatic heterocycles. The number of nitrogens with zero attached hydrogens (tertiary/aromatic N) is 5. The number of allylic oxidation sites excluding steroid dienone is 1. The summed E-state index contributed by atoms with van der Waals surface area (Å²) in [5, 5.41) is 27.9. The Balaban J connectivity index is 0.000000200. The number of anilines is 1. The van der Waals surface area contributed by atoms with Gasteiger partial charge in [-0.1, -0.05) is 0 Å². The first-order valence-electron chi connectivity index (χ1n) is 5.23. The maximum atomic E-state index is 10.5. The summed E-state index contributed by atoms with van der Waals surface area (Å²) in [6.07, 6.45) is 4.56. The van der Waals surface area contributed by atoms with Gasteiger partial charge in [0.25, 0.3) is 0 Å². The number of carbonyl (C=O) groups excluding carboxylic acids is 1. The van der Waals surface area contributed by atoms with Crippen molar-refractivity contribution in [2.24, 2.45) is 25.9 Å². The number of hydrogen-bond donors (Lipinski definition) is 2. The van der Waals surface area contributed by atoms with Gasteiger partial charge in [-0.3, -0.25) is 4.79 Å². The van der Waals surface area contributed by atoms with Gasteiger partial charge in [-0.2, -0.15) is 0 Å². The van der Waals surface area contributed by atoms with Crippen molar-refractivity contribution in [2.45, 2.75) is 6.92 Å². The summed E-state index contributed by atoms with van der Waals surface area (Å²) in [6.45, 7) is 1.44. The summed E-state index contributed by atoms with van der Waals surface area (Å²) >= 11 is 0. The minimum absolute atomic E-state index is 0.115. The van der Waals surface area contributed by atoms with Crippen LogP contribution in [-0.4, -0.2) is 17.2 Å². The van der Waals surface area contributed by atoms with Gasteiger partial charge >= 0.3 is 0 Å². The van der Waals surface area contributed by atoms with Gasteiger partial charge in [0, 0.05) is 12.6 Å². The highest BCUT2D eigenvalue weighted by molar-refractivity contribution is 5.88. The topological polar surface area (TPSA) is 111 Å². The molecule has 1 aliphatic rings. The SMILES string of the molecule is C1=CN=N/N=N\N=C1.CC(=O)Nc1ccc(O)cc1. The molecule has 2 N–H and O–H groups in total. The molecule has 1 heterocycles. The van der Waals surface area contributed by atoms with E-state index in [-0.39, 0.29) is 11.7 Å². The summed E-state index contributed by atoms with van der Waals surface area (Å²) in [5.41, 5.74) is 0.690. The van der Waals surface area contributed by atoms with E-state index in [1.54, 1.807) is 18.2 Å². The van der Waals surface area contributed by atoms with Crippen LogP contribution in [0.2, 0.25) is 0 Å². The molecule has 0 saturated heterocycles. The summed E-state index contributed by atoms with van der Waals surface area (Å²) in [6, 6.07) is 6.31. The highest BCUT2D eigenvalue weighted by Gasteiger charge is 1.93. The van der Waals surface area contributed by atoms with E-state index in [0.717, 1.165) is 0 Å². The third kappa shape index (κ3) is 7.10. The Morgan fingerprint density at radius 3 is 2.58 bits per heavy atom. The lowest BCUT2D eigenvalue weighted by Crippen LogP contribution is -2.04. The molecular formula is C11H12N6O2. The molecule has 0 aromatic heterocycles. The molecule has 8 nitrogen and oxygen atoms in total. The van der Waals surface area contributed by atoms with Crippen LogP contribution >= 0.6 is 0 Å². The van der Waals surface area contributed by atoms with E-state index < -0.39 is 0 Å². The van der Waals surface area contributed by atoms with Crippen molar-refractivity contribution < 1.29 is 9.90 Å². The maximum Gasteiger partial charge on any atom is 0.221 e. The Kier molecular flexibility index (Phi) is 6.13. The first kappa shape index (κ1) is 14.2. The molecule has 0 spiro atoms. The monoisotopic (exact) mass is 260 g/mol. The second kappa shape index (κ2) is 8.23. The highest BCUT2D eigenvalue weighted by Crippen LogP contribution is 2.13. The first-order chi connectivity index (χ1) is 9.18. The molecule has 0 atom stereocenters. The summed E-state index contributed by atoms with van der Waals surface area (Å²) in [7, 11) is 0. The Morgan fingerprint density at radius 2 is 1.89 bits per heavy atom. The number of amides is 1. The normalized spacial score (nSPS) is 13.7. The lowest BCUT2D eigenvalue weighted by atomic mass is 10.3. The number of phenols is 1. The van der Waals surface area contributed by atoms with Crippen molar-refractivity contribution in [3.8, 4) is 5.75 Å². The third-order valence-corrected chi connectivity index (χ3v) is 1.68. The molecule has 19 heavy (non-hydrogen) atoms. The minimum atomic E-state index is -0.115. The van der Waals surface area contributed by atoms with Crippen LogP contribution in [0.5, 0.6) is 5.75 Å². The number of rotatable bonds is 1. The standard InChI is InChI=1S/C8H9NO2.C3H3N5/c1-6(10)9-7-2-4-8(11)5-3-7;1-2-4-6-8-7-5-3-1/h2-5,11H,1H3,(H,9,10);1-3H/b;2-1?,3-1?,4-2?,5-3?,6-4?,7-5?,8-6-,8-7?. The van der Waals surface area contributed by atoms with Crippen LogP contribution in [0.1, 0.15) is 6.92 Å². The Bertz CT molecular complexity index is 462. The molecule has 98 valence electrons. The number of hydrogen-bond acceptors (Lipinski definition) is 7. The highest BCUT2D eigenvalue weighted by atomic mass is 16.3. The maximum absolute atomic E-state index is 10.5. The lowest BCUT2D eigenvalue weighted by molar-refractivity contribution is -0.114. The van der Waals surface area contributed by atoms with Gasteiger partial charge in [-0.25, -0.2) is 0 Å². The summed E-state index contributed by atoms with van der Waals surface area (Å²) < 4.78 is 0. The fraction of sp³-hybridized carbons (Fsp3) is 0.0909. The van der Waals surface area contributed by atoms with E-state index in [4.69, 9.17) is 5.11 Å². The van der Waals surface area contributed by atoms with Crippen LogP contribution in [-0.2, 0) is 4.79 Å². The van der Waals surface area contributed by atoms with Crippen LogP contribution in [0.4, 0.5) is 5.69 Å².